The molecule has 5 rings (SSSR count). The van der Waals surface area contributed by atoms with Crippen molar-refractivity contribution in [3.8, 4) is 5.75 Å². The highest BCUT2D eigenvalue weighted by Gasteiger charge is 2.43. The maximum atomic E-state index is 12.2. The molecule has 0 saturated carbocycles. The summed E-state index contributed by atoms with van der Waals surface area (Å²) in [5.41, 5.74) is 2.56. The number of rotatable bonds is 1. The molecule has 0 saturated heterocycles. The van der Waals surface area contributed by atoms with Crippen molar-refractivity contribution < 1.29 is 9.53 Å². The number of hydrogen-bond acceptors (Lipinski definition) is 2. The number of halogens is 1. The summed E-state index contributed by atoms with van der Waals surface area (Å²) in [5.74, 6) is 0.968. The first kappa shape index (κ1) is 13.6. The number of hydrogen-bond donors (Lipinski definition) is 1. The molecule has 3 aromatic rings. The van der Waals surface area contributed by atoms with Crippen molar-refractivity contribution in [2.45, 2.75) is 5.92 Å². The van der Waals surface area contributed by atoms with Gasteiger partial charge in [0.2, 0.25) is 5.88 Å². The number of fused-ring (bicyclic) bond motifs is 3. The van der Waals surface area contributed by atoms with Crippen LogP contribution in [0.25, 0.3) is 10.8 Å². The molecule has 0 spiro atoms. The Morgan fingerprint density at radius 3 is 2.58 bits per heavy atom. The lowest BCUT2D eigenvalue weighted by atomic mass is 9.78. The van der Waals surface area contributed by atoms with Crippen molar-refractivity contribution in [1.82, 2.24) is 5.32 Å². The fraction of sp³-hybridized carbons (Fsp3) is 0.0500. The van der Waals surface area contributed by atoms with E-state index in [1.54, 1.807) is 0 Å². The molecule has 0 bridgehead atoms. The number of nitrogens with one attached hydrogen (secondary N) is 1. The lowest BCUT2D eigenvalue weighted by molar-refractivity contribution is -0.120. The molecular formula is C20H12ClNO2. The van der Waals surface area contributed by atoms with Gasteiger partial charge in [0.05, 0.1) is 11.5 Å². The third kappa shape index (κ3) is 1.76. The summed E-state index contributed by atoms with van der Waals surface area (Å²) in [6, 6.07) is 19.8. The third-order valence-corrected chi connectivity index (χ3v) is 5.00. The molecule has 1 atom stereocenters. The second-order valence-electron chi connectivity index (χ2n) is 5.95. The van der Waals surface area contributed by atoms with Gasteiger partial charge in [0.25, 0.3) is 5.91 Å². The number of ether oxygens (including phenoxy) is 1. The Morgan fingerprint density at radius 2 is 1.75 bits per heavy atom. The molecule has 1 N–H and O–H groups in total. The Balaban J connectivity index is 1.87. The van der Waals surface area contributed by atoms with Gasteiger partial charge in [0.15, 0.2) is 0 Å². The molecule has 2 heterocycles. The van der Waals surface area contributed by atoms with Crippen LogP contribution < -0.4 is 10.1 Å². The molecule has 1 unspecified atom stereocenters. The molecule has 3 aromatic carbocycles. The second-order valence-corrected chi connectivity index (χ2v) is 6.36. The van der Waals surface area contributed by atoms with E-state index in [-0.39, 0.29) is 11.8 Å². The minimum Gasteiger partial charge on any atom is -0.440 e. The Kier molecular flexibility index (Phi) is 2.76. The Morgan fingerprint density at radius 1 is 0.958 bits per heavy atom. The first-order valence-corrected chi connectivity index (χ1v) is 8.11. The fourth-order valence-corrected chi connectivity index (χ4v) is 3.80. The highest BCUT2D eigenvalue weighted by molar-refractivity contribution is 6.31. The van der Waals surface area contributed by atoms with Gasteiger partial charge in [-0.05, 0) is 28.5 Å². The summed E-state index contributed by atoms with van der Waals surface area (Å²) in [4.78, 5) is 12.2. The van der Waals surface area contributed by atoms with Gasteiger partial charge in [0, 0.05) is 10.6 Å². The smallest absolute Gasteiger partial charge is 0.260 e. The average molecular weight is 334 g/mol. The van der Waals surface area contributed by atoms with E-state index in [9.17, 15) is 4.79 Å². The SMILES string of the molecule is O=C1NC2=C1C(c1ccccc1Cl)c1c(ccc3ccccc13)O2. The van der Waals surface area contributed by atoms with E-state index in [4.69, 9.17) is 16.3 Å². The van der Waals surface area contributed by atoms with Crippen molar-refractivity contribution in [3.63, 3.8) is 0 Å². The molecule has 24 heavy (non-hydrogen) atoms. The summed E-state index contributed by atoms with van der Waals surface area (Å²) in [5, 5.41) is 5.56. The summed E-state index contributed by atoms with van der Waals surface area (Å²) >= 11 is 6.46. The first-order valence-electron chi connectivity index (χ1n) is 7.73. The molecule has 0 aromatic heterocycles. The first-order chi connectivity index (χ1) is 11.7. The van der Waals surface area contributed by atoms with Crippen LogP contribution in [0, 0.1) is 0 Å². The summed E-state index contributed by atoms with van der Waals surface area (Å²) in [7, 11) is 0. The Labute approximate surface area is 143 Å². The maximum Gasteiger partial charge on any atom is 0.260 e. The zero-order valence-corrected chi connectivity index (χ0v) is 13.3. The lowest BCUT2D eigenvalue weighted by Gasteiger charge is -2.36. The Hall–Kier alpha value is -2.78. The monoisotopic (exact) mass is 333 g/mol. The largest absolute Gasteiger partial charge is 0.440 e. The predicted octanol–water partition coefficient (Wildman–Crippen LogP) is 4.36. The summed E-state index contributed by atoms with van der Waals surface area (Å²) < 4.78 is 5.91. The van der Waals surface area contributed by atoms with Gasteiger partial charge in [0.1, 0.15) is 5.75 Å². The molecule has 0 radical (unpaired) electrons. The van der Waals surface area contributed by atoms with Gasteiger partial charge in [-0.15, -0.1) is 0 Å². The standard InChI is InChI=1S/C20H12ClNO2/c21-14-8-4-3-7-13(14)17-16-12-6-2-1-5-11(12)9-10-15(16)24-20-18(17)19(23)22-20/h1-10,17H,(H,22,23). The van der Waals surface area contributed by atoms with Crippen LogP contribution in [-0.4, -0.2) is 5.91 Å². The normalized spacial score (nSPS) is 18.4. The molecule has 0 aliphatic carbocycles. The van der Waals surface area contributed by atoms with Crippen LogP contribution in [0.15, 0.2) is 72.1 Å². The van der Waals surface area contributed by atoms with Crippen LogP contribution in [0.3, 0.4) is 0 Å². The van der Waals surface area contributed by atoms with Gasteiger partial charge in [-0.25, -0.2) is 0 Å². The highest BCUT2D eigenvalue weighted by atomic mass is 35.5. The Bertz CT molecular complexity index is 1050. The van der Waals surface area contributed by atoms with E-state index < -0.39 is 0 Å². The van der Waals surface area contributed by atoms with E-state index in [2.05, 4.69) is 17.4 Å². The molecule has 2 aliphatic rings. The van der Waals surface area contributed by atoms with Gasteiger partial charge in [-0.2, -0.15) is 0 Å². The van der Waals surface area contributed by atoms with E-state index in [1.165, 1.54) is 0 Å². The summed E-state index contributed by atoms with van der Waals surface area (Å²) in [6.07, 6.45) is 0. The fourth-order valence-electron chi connectivity index (χ4n) is 3.56. The number of carbonyl (C=O) groups excluding carboxylic acids is 1. The van der Waals surface area contributed by atoms with Gasteiger partial charge >= 0.3 is 0 Å². The predicted molar refractivity (Wildman–Crippen MR) is 93.0 cm³/mol. The van der Waals surface area contributed by atoms with Crippen LogP contribution in [0.5, 0.6) is 5.75 Å². The minimum atomic E-state index is -0.225. The van der Waals surface area contributed by atoms with E-state index in [1.807, 2.05) is 48.5 Å². The molecule has 116 valence electrons. The van der Waals surface area contributed by atoms with Gasteiger partial charge in [-0.3, -0.25) is 10.1 Å². The van der Waals surface area contributed by atoms with Crippen LogP contribution in [0.1, 0.15) is 17.0 Å². The van der Waals surface area contributed by atoms with E-state index in [0.29, 0.717) is 16.5 Å². The molecule has 4 heteroatoms. The number of benzene rings is 3. The lowest BCUT2D eigenvalue weighted by Crippen LogP contribution is -2.44. The number of carbonyl (C=O) groups is 1. The van der Waals surface area contributed by atoms with Crippen LogP contribution in [0.2, 0.25) is 5.02 Å². The van der Waals surface area contributed by atoms with Gasteiger partial charge < -0.3 is 4.74 Å². The zero-order chi connectivity index (χ0) is 16.3. The van der Waals surface area contributed by atoms with Crippen LogP contribution in [0.4, 0.5) is 0 Å². The quantitative estimate of drug-likeness (QED) is 0.718. The zero-order valence-electron chi connectivity index (χ0n) is 12.5. The second kappa shape index (κ2) is 4.86. The third-order valence-electron chi connectivity index (χ3n) is 4.65. The molecular weight excluding hydrogens is 322 g/mol. The average Bonchev–Trinajstić information content (AvgIpc) is 2.60. The van der Waals surface area contributed by atoms with Crippen molar-refractivity contribution in [3.05, 3.63) is 88.3 Å². The minimum absolute atomic E-state index is 0.103. The summed E-state index contributed by atoms with van der Waals surface area (Å²) in [6.45, 7) is 0. The molecule has 1 amide bonds. The topological polar surface area (TPSA) is 38.3 Å². The van der Waals surface area contributed by atoms with Crippen LogP contribution in [-0.2, 0) is 4.79 Å². The molecule has 3 nitrogen and oxygen atoms in total. The van der Waals surface area contributed by atoms with Crippen molar-refractivity contribution >= 4 is 28.3 Å². The van der Waals surface area contributed by atoms with E-state index >= 15 is 0 Å². The van der Waals surface area contributed by atoms with Crippen molar-refractivity contribution in [1.29, 1.82) is 0 Å². The highest BCUT2D eigenvalue weighted by Crippen LogP contribution is 2.49. The maximum absolute atomic E-state index is 12.2. The van der Waals surface area contributed by atoms with E-state index in [0.717, 1.165) is 27.6 Å². The van der Waals surface area contributed by atoms with Crippen molar-refractivity contribution in [2.75, 3.05) is 0 Å². The van der Waals surface area contributed by atoms with Crippen molar-refractivity contribution in [2.24, 2.45) is 0 Å². The number of amides is 1. The van der Waals surface area contributed by atoms with Gasteiger partial charge in [-0.1, -0.05) is 60.1 Å². The van der Waals surface area contributed by atoms with Crippen LogP contribution >= 0.6 is 11.6 Å². The molecule has 0 fully saturated rings. The molecule has 2 aliphatic heterocycles.